The maximum absolute atomic E-state index is 13.6. The molecule has 0 spiro atoms. The number of thiazole rings is 1. The van der Waals surface area contributed by atoms with Gasteiger partial charge in [0.05, 0.1) is 11.3 Å². The highest BCUT2D eigenvalue weighted by Gasteiger charge is 2.18. The van der Waals surface area contributed by atoms with E-state index >= 15 is 0 Å². The van der Waals surface area contributed by atoms with E-state index in [4.69, 9.17) is 10.8 Å². The van der Waals surface area contributed by atoms with Crippen molar-refractivity contribution >= 4 is 28.9 Å². The van der Waals surface area contributed by atoms with Gasteiger partial charge in [-0.25, -0.2) is 14.2 Å². The highest BCUT2D eigenvalue weighted by Crippen LogP contribution is 2.21. The van der Waals surface area contributed by atoms with E-state index in [-0.39, 0.29) is 23.5 Å². The Bertz CT molecular complexity index is 672. The molecule has 2 rings (SSSR count). The van der Waals surface area contributed by atoms with E-state index in [1.165, 1.54) is 28.8 Å². The highest BCUT2D eigenvalue weighted by atomic mass is 32.1. The van der Waals surface area contributed by atoms with E-state index in [1.54, 1.807) is 0 Å². The second-order valence-corrected chi connectivity index (χ2v) is 4.69. The number of halogens is 1. The summed E-state index contributed by atoms with van der Waals surface area (Å²) in [4.78, 5) is 26.8. The molecule has 0 unspecified atom stereocenters. The number of carboxylic acids is 1. The second-order valence-electron chi connectivity index (χ2n) is 3.75. The molecular weight excluding hydrogens is 285 g/mol. The van der Waals surface area contributed by atoms with Crippen molar-refractivity contribution in [3.05, 3.63) is 45.7 Å². The van der Waals surface area contributed by atoms with Crippen LogP contribution in [0, 0.1) is 5.82 Å². The van der Waals surface area contributed by atoms with E-state index in [9.17, 15) is 14.0 Å². The molecule has 0 saturated heterocycles. The summed E-state index contributed by atoms with van der Waals surface area (Å²) >= 11 is 1.20. The minimum absolute atomic E-state index is 0.0649. The molecule has 4 N–H and O–H groups in total. The first-order chi connectivity index (χ1) is 9.52. The molecule has 1 aromatic carbocycles. The Hall–Kier alpha value is -2.32. The number of amides is 1. The summed E-state index contributed by atoms with van der Waals surface area (Å²) in [7, 11) is 0. The smallest absolute Gasteiger partial charge is 0.337 e. The number of aromatic nitrogens is 1. The number of carboxylic acid groups (broad SMARTS) is 1. The zero-order chi connectivity index (χ0) is 14.7. The van der Waals surface area contributed by atoms with Crippen LogP contribution in [0.3, 0.4) is 0 Å². The van der Waals surface area contributed by atoms with Crippen LogP contribution in [0.1, 0.15) is 25.9 Å². The molecule has 8 heteroatoms. The molecular formula is C12H10FN3O3S. The first kappa shape index (κ1) is 14.1. The number of nitrogens with one attached hydrogen (secondary N) is 1. The Balaban J connectivity index is 2.30. The molecule has 1 amide bonds. The largest absolute Gasteiger partial charge is 0.478 e. The van der Waals surface area contributed by atoms with Gasteiger partial charge in [0.25, 0.3) is 5.91 Å². The van der Waals surface area contributed by atoms with E-state index in [2.05, 4.69) is 10.3 Å². The SMILES string of the molecule is NCc1nc(C(=O)Nc2c(F)cccc2C(=O)O)cs1. The van der Waals surface area contributed by atoms with Crippen molar-refractivity contribution in [2.45, 2.75) is 6.54 Å². The number of rotatable bonds is 4. The third-order valence-corrected chi connectivity index (χ3v) is 3.31. The van der Waals surface area contributed by atoms with Gasteiger partial charge < -0.3 is 16.2 Å². The van der Waals surface area contributed by atoms with E-state index in [0.717, 1.165) is 6.07 Å². The second kappa shape index (κ2) is 5.76. The standard InChI is InChI=1S/C12H10FN3O3S/c13-7-3-1-2-6(12(18)19)10(7)16-11(17)8-5-20-9(4-14)15-8/h1-3,5H,4,14H2,(H,16,17)(H,18,19). The van der Waals surface area contributed by atoms with Crippen LogP contribution in [0.5, 0.6) is 0 Å². The fraction of sp³-hybridized carbons (Fsp3) is 0.0833. The molecule has 0 atom stereocenters. The molecule has 104 valence electrons. The quantitative estimate of drug-likeness (QED) is 0.796. The Morgan fingerprint density at radius 3 is 2.80 bits per heavy atom. The topological polar surface area (TPSA) is 105 Å². The molecule has 0 aliphatic heterocycles. The summed E-state index contributed by atoms with van der Waals surface area (Å²) in [6, 6.07) is 3.52. The van der Waals surface area contributed by atoms with Crippen LogP contribution in [0.4, 0.5) is 10.1 Å². The number of hydrogen-bond donors (Lipinski definition) is 3. The van der Waals surface area contributed by atoms with Crippen molar-refractivity contribution in [3.8, 4) is 0 Å². The summed E-state index contributed by atoms with van der Waals surface area (Å²) in [5.41, 5.74) is 4.74. The Kier molecular flexibility index (Phi) is 4.06. The van der Waals surface area contributed by atoms with Crippen LogP contribution in [0.2, 0.25) is 0 Å². The Morgan fingerprint density at radius 2 is 2.20 bits per heavy atom. The maximum Gasteiger partial charge on any atom is 0.337 e. The maximum atomic E-state index is 13.6. The molecule has 0 saturated carbocycles. The number of carbonyl (C=O) groups is 2. The lowest BCUT2D eigenvalue weighted by molar-refractivity contribution is 0.0697. The summed E-state index contributed by atoms with van der Waals surface area (Å²) < 4.78 is 13.6. The number of hydrogen-bond acceptors (Lipinski definition) is 5. The molecule has 0 aliphatic rings. The van der Waals surface area contributed by atoms with Crippen molar-refractivity contribution in [2.75, 3.05) is 5.32 Å². The van der Waals surface area contributed by atoms with E-state index in [1.807, 2.05) is 0 Å². The van der Waals surface area contributed by atoms with Crippen LogP contribution >= 0.6 is 11.3 Å². The van der Waals surface area contributed by atoms with Crippen LogP contribution in [0.25, 0.3) is 0 Å². The molecule has 0 fully saturated rings. The molecule has 20 heavy (non-hydrogen) atoms. The molecule has 6 nitrogen and oxygen atoms in total. The van der Waals surface area contributed by atoms with Gasteiger partial charge in [0.15, 0.2) is 0 Å². The summed E-state index contributed by atoms with van der Waals surface area (Å²) in [5, 5.41) is 13.2. The van der Waals surface area contributed by atoms with E-state index < -0.39 is 17.7 Å². The van der Waals surface area contributed by atoms with Gasteiger partial charge in [-0.2, -0.15) is 0 Å². The molecule has 1 heterocycles. The zero-order valence-electron chi connectivity index (χ0n) is 10.1. The Labute approximate surface area is 117 Å². The van der Waals surface area contributed by atoms with Crippen molar-refractivity contribution in [3.63, 3.8) is 0 Å². The number of aromatic carboxylic acids is 1. The zero-order valence-corrected chi connectivity index (χ0v) is 10.9. The summed E-state index contributed by atoms with van der Waals surface area (Å²) in [6.07, 6.45) is 0. The minimum Gasteiger partial charge on any atom is -0.478 e. The highest BCUT2D eigenvalue weighted by molar-refractivity contribution is 7.09. The average Bonchev–Trinajstić information content (AvgIpc) is 2.89. The molecule has 0 bridgehead atoms. The van der Waals surface area contributed by atoms with Gasteiger partial charge in [-0.3, -0.25) is 4.79 Å². The van der Waals surface area contributed by atoms with Gasteiger partial charge in [0.1, 0.15) is 16.5 Å². The third kappa shape index (κ3) is 2.81. The number of anilines is 1. The molecule has 0 aliphatic carbocycles. The van der Waals surface area contributed by atoms with E-state index in [0.29, 0.717) is 5.01 Å². The lowest BCUT2D eigenvalue weighted by atomic mass is 10.1. The van der Waals surface area contributed by atoms with Crippen molar-refractivity contribution < 1.29 is 19.1 Å². The van der Waals surface area contributed by atoms with Gasteiger partial charge in [0.2, 0.25) is 0 Å². The first-order valence-electron chi connectivity index (χ1n) is 5.50. The fourth-order valence-corrected chi connectivity index (χ4v) is 2.17. The van der Waals surface area contributed by atoms with Crippen molar-refractivity contribution in [1.82, 2.24) is 4.98 Å². The van der Waals surface area contributed by atoms with Crippen molar-refractivity contribution in [1.29, 1.82) is 0 Å². The van der Waals surface area contributed by atoms with Crippen LogP contribution in [-0.4, -0.2) is 22.0 Å². The van der Waals surface area contributed by atoms with Gasteiger partial charge in [0, 0.05) is 11.9 Å². The Morgan fingerprint density at radius 1 is 1.45 bits per heavy atom. The van der Waals surface area contributed by atoms with Gasteiger partial charge in [-0.05, 0) is 12.1 Å². The number of carbonyl (C=O) groups excluding carboxylic acids is 1. The van der Waals surface area contributed by atoms with Gasteiger partial charge >= 0.3 is 5.97 Å². The lowest BCUT2D eigenvalue weighted by Gasteiger charge is -2.08. The molecule has 0 radical (unpaired) electrons. The van der Waals surface area contributed by atoms with Crippen LogP contribution in [-0.2, 0) is 6.54 Å². The molecule has 2 aromatic rings. The first-order valence-corrected chi connectivity index (χ1v) is 6.38. The van der Waals surface area contributed by atoms with Gasteiger partial charge in [-0.1, -0.05) is 6.07 Å². The summed E-state index contributed by atoms with van der Waals surface area (Å²) in [5.74, 6) is -2.85. The minimum atomic E-state index is -1.33. The molecule has 1 aromatic heterocycles. The predicted molar refractivity (Wildman–Crippen MR) is 71.3 cm³/mol. The third-order valence-electron chi connectivity index (χ3n) is 2.44. The normalized spacial score (nSPS) is 10.3. The van der Waals surface area contributed by atoms with Crippen LogP contribution < -0.4 is 11.1 Å². The van der Waals surface area contributed by atoms with Gasteiger partial charge in [-0.15, -0.1) is 11.3 Å². The predicted octanol–water partition coefficient (Wildman–Crippen LogP) is 1.69. The number of nitrogens with zero attached hydrogens (tertiary/aromatic N) is 1. The number of nitrogens with two attached hydrogens (primary N) is 1. The average molecular weight is 295 g/mol. The van der Waals surface area contributed by atoms with Crippen molar-refractivity contribution in [2.24, 2.45) is 5.73 Å². The summed E-state index contributed by atoms with van der Waals surface area (Å²) in [6.45, 7) is 0.192. The monoisotopic (exact) mass is 295 g/mol. The van der Waals surface area contributed by atoms with Crippen LogP contribution in [0.15, 0.2) is 23.6 Å². The number of para-hydroxylation sites is 1. The number of benzene rings is 1. The fourth-order valence-electron chi connectivity index (χ4n) is 1.52. The lowest BCUT2D eigenvalue weighted by Crippen LogP contribution is -2.16.